The molecule has 0 saturated carbocycles. The van der Waals surface area contributed by atoms with E-state index in [-0.39, 0.29) is 22.2 Å². The van der Waals surface area contributed by atoms with E-state index in [4.69, 9.17) is 27.9 Å². The van der Waals surface area contributed by atoms with Crippen LogP contribution in [0.5, 0.6) is 0 Å². The van der Waals surface area contributed by atoms with E-state index in [1.807, 2.05) is 6.92 Å². The zero-order valence-corrected chi connectivity index (χ0v) is 16.2. The number of ether oxygens (including phenoxy) is 1. The van der Waals surface area contributed by atoms with Gasteiger partial charge in [0.05, 0.1) is 17.1 Å². The fourth-order valence-electron chi connectivity index (χ4n) is 2.86. The van der Waals surface area contributed by atoms with Gasteiger partial charge in [-0.15, -0.1) is 0 Å². The third kappa shape index (κ3) is 4.09. The van der Waals surface area contributed by atoms with Crippen LogP contribution < -0.4 is 0 Å². The lowest BCUT2D eigenvalue weighted by atomic mass is 10.1. The van der Waals surface area contributed by atoms with Gasteiger partial charge in [0.2, 0.25) is 0 Å². The number of rotatable bonds is 3. The molecule has 2 aromatic rings. The summed E-state index contributed by atoms with van der Waals surface area (Å²) in [4.78, 5) is 31.8. The van der Waals surface area contributed by atoms with Crippen molar-refractivity contribution < 1.29 is 18.7 Å². The third-order valence-corrected chi connectivity index (χ3v) is 4.95. The number of hydrogen-bond donors (Lipinski definition) is 0. The monoisotopic (exact) mass is 413 g/mol. The largest absolute Gasteiger partial charge is 0.449 e. The highest BCUT2D eigenvalue weighted by Crippen LogP contribution is 2.30. The minimum Gasteiger partial charge on any atom is -0.449 e. The number of aromatic nitrogens is 1. The van der Waals surface area contributed by atoms with E-state index in [1.54, 1.807) is 21.9 Å². The van der Waals surface area contributed by atoms with Crippen LogP contribution in [0.15, 0.2) is 18.2 Å². The molecule has 1 aromatic heterocycles. The molecule has 0 aliphatic carbocycles. The van der Waals surface area contributed by atoms with Crippen molar-refractivity contribution in [3.05, 3.63) is 39.8 Å². The fourth-order valence-corrected chi connectivity index (χ4v) is 3.34. The summed E-state index contributed by atoms with van der Waals surface area (Å²) in [5.74, 6) is -0.979. The molecule has 0 bridgehead atoms. The van der Waals surface area contributed by atoms with Gasteiger partial charge in [-0.05, 0) is 18.6 Å². The summed E-state index contributed by atoms with van der Waals surface area (Å²) in [5, 5.41) is -0.0712. The molecular weight excluding hydrogens is 396 g/mol. The van der Waals surface area contributed by atoms with E-state index in [0.717, 1.165) is 6.42 Å². The number of carbonyl (C=O) groups is 2. The van der Waals surface area contributed by atoms with E-state index in [2.05, 4.69) is 4.98 Å². The van der Waals surface area contributed by atoms with Gasteiger partial charge < -0.3 is 14.5 Å². The normalized spacial score (nSPS) is 14.5. The van der Waals surface area contributed by atoms with Crippen molar-refractivity contribution in [2.45, 2.75) is 13.3 Å². The maximum absolute atomic E-state index is 13.7. The minimum absolute atomic E-state index is 0.122. The van der Waals surface area contributed by atoms with Gasteiger partial charge in [-0.2, -0.15) is 0 Å². The Morgan fingerprint density at radius 3 is 2.52 bits per heavy atom. The van der Waals surface area contributed by atoms with Crippen molar-refractivity contribution in [3.63, 3.8) is 0 Å². The first kappa shape index (κ1) is 19.6. The molecule has 6 nitrogen and oxygen atoms in total. The Morgan fingerprint density at radius 1 is 1.19 bits per heavy atom. The zero-order valence-electron chi connectivity index (χ0n) is 14.7. The number of amides is 2. The number of nitrogens with zero attached hydrogens (tertiary/aromatic N) is 3. The average Bonchev–Trinajstić information content (AvgIpc) is 2.69. The Morgan fingerprint density at radius 2 is 1.85 bits per heavy atom. The predicted octanol–water partition coefficient (Wildman–Crippen LogP) is 3.99. The van der Waals surface area contributed by atoms with Gasteiger partial charge in [0.1, 0.15) is 0 Å². The van der Waals surface area contributed by atoms with Crippen molar-refractivity contribution in [1.29, 1.82) is 0 Å². The van der Waals surface area contributed by atoms with Crippen LogP contribution >= 0.6 is 23.2 Å². The highest BCUT2D eigenvalue weighted by Gasteiger charge is 2.26. The summed E-state index contributed by atoms with van der Waals surface area (Å²) >= 11 is 11.7. The standard InChI is InChI=1S/C18H18Cl2FN3O3/c1-2-9-27-18(26)24-7-5-23(6-8-24)17(25)11-3-4-12-13(10-11)22-16(20)15(21)14(12)19/h3-4,10H,2,5-9H2,1H3. The lowest BCUT2D eigenvalue weighted by Crippen LogP contribution is -2.50. The third-order valence-electron chi connectivity index (χ3n) is 4.33. The van der Waals surface area contributed by atoms with Crippen LogP contribution in [0, 0.1) is 5.82 Å². The second-order valence-electron chi connectivity index (χ2n) is 6.16. The SMILES string of the molecule is CCCOC(=O)N1CCN(C(=O)c2ccc3c(Cl)c(F)c(Cl)nc3c2)CC1. The zero-order chi connectivity index (χ0) is 19.6. The van der Waals surface area contributed by atoms with Crippen LogP contribution in [-0.4, -0.2) is 59.6 Å². The quantitative estimate of drug-likeness (QED) is 0.713. The molecule has 0 radical (unpaired) electrons. The molecule has 1 aromatic carbocycles. The van der Waals surface area contributed by atoms with Crippen LogP contribution in [0.25, 0.3) is 10.9 Å². The first-order valence-electron chi connectivity index (χ1n) is 8.57. The van der Waals surface area contributed by atoms with Gasteiger partial charge in [-0.25, -0.2) is 14.2 Å². The highest BCUT2D eigenvalue weighted by molar-refractivity contribution is 6.38. The summed E-state index contributed by atoms with van der Waals surface area (Å²) in [6.07, 6.45) is 0.406. The molecule has 0 atom stereocenters. The average molecular weight is 414 g/mol. The van der Waals surface area contributed by atoms with Crippen molar-refractivity contribution >= 4 is 46.1 Å². The number of pyridine rings is 1. The van der Waals surface area contributed by atoms with Gasteiger partial charge in [0, 0.05) is 37.1 Å². The molecule has 1 saturated heterocycles. The Hall–Kier alpha value is -2.12. The molecule has 1 fully saturated rings. The van der Waals surface area contributed by atoms with Crippen LogP contribution in [0.2, 0.25) is 10.2 Å². The topological polar surface area (TPSA) is 62.7 Å². The summed E-state index contributed by atoms with van der Waals surface area (Å²) in [7, 11) is 0. The Bertz CT molecular complexity index is 886. The molecule has 144 valence electrons. The molecule has 2 amide bonds. The summed E-state index contributed by atoms with van der Waals surface area (Å²) in [6.45, 7) is 3.92. The van der Waals surface area contributed by atoms with E-state index >= 15 is 0 Å². The van der Waals surface area contributed by atoms with E-state index in [1.165, 1.54) is 6.07 Å². The van der Waals surface area contributed by atoms with E-state index in [0.29, 0.717) is 49.3 Å². The fraction of sp³-hybridized carbons (Fsp3) is 0.389. The maximum atomic E-state index is 13.7. The first-order valence-corrected chi connectivity index (χ1v) is 9.33. The number of piperazine rings is 1. The predicted molar refractivity (Wildman–Crippen MR) is 101 cm³/mol. The molecule has 9 heteroatoms. The molecular formula is C18H18Cl2FN3O3. The van der Waals surface area contributed by atoms with Crippen molar-refractivity contribution in [2.24, 2.45) is 0 Å². The number of carbonyl (C=O) groups excluding carboxylic acids is 2. The van der Waals surface area contributed by atoms with Crippen molar-refractivity contribution in [3.8, 4) is 0 Å². The Kier molecular flexibility index (Phi) is 6.01. The van der Waals surface area contributed by atoms with Gasteiger partial charge >= 0.3 is 6.09 Å². The van der Waals surface area contributed by atoms with Crippen LogP contribution in [-0.2, 0) is 4.74 Å². The molecule has 1 aliphatic rings. The van der Waals surface area contributed by atoms with Gasteiger partial charge in [-0.3, -0.25) is 4.79 Å². The van der Waals surface area contributed by atoms with Crippen molar-refractivity contribution in [2.75, 3.05) is 32.8 Å². The van der Waals surface area contributed by atoms with Crippen LogP contribution in [0.1, 0.15) is 23.7 Å². The first-order chi connectivity index (χ1) is 12.9. The molecule has 0 N–H and O–H groups in total. The lowest BCUT2D eigenvalue weighted by molar-refractivity contribution is 0.0560. The second kappa shape index (κ2) is 8.27. The number of fused-ring (bicyclic) bond motifs is 1. The maximum Gasteiger partial charge on any atom is 0.409 e. The summed E-state index contributed by atoms with van der Waals surface area (Å²) in [5.41, 5.74) is 0.745. The second-order valence-corrected chi connectivity index (χ2v) is 6.89. The molecule has 27 heavy (non-hydrogen) atoms. The summed E-state index contributed by atoms with van der Waals surface area (Å²) < 4.78 is 18.9. The van der Waals surface area contributed by atoms with E-state index < -0.39 is 5.82 Å². The molecule has 0 unspecified atom stereocenters. The number of halogens is 3. The number of benzene rings is 1. The summed E-state index contributed by atoms with van der Waals surface area (Å²) in [6, 6.07) is 4.67. The van der Waals surface area contributed by atoms with Crippen LogP contribution in [0.4, 0.5) is 9.18 Å². The smallest absolute Gasteiger partial charge is 0.409 e. The van der Waals surface area contributed by atoms with Gasteiger partial charge in [-0.1, -0.05) is 36.2 Å². The van der Waals surface area contributed by atoms with Gasteiger partial charge in [0.15, 0.2) is 11.0 Å². The Labute approximate surface area is 165 Å². The van der Waals surface area contributed by atoms with Gasteiger partial charge in [0.25, 0.3) is 5.91 Å². The molecule has 0 spiro atoms. The van der Waals surface area contributed by atoms with E-state index in [9.17, 15) is 14.0 Å². The van der Waals surface area contributed by atoms with Crippen molar-refractivity contribution in [1.82, 2.24) is 14.8 Å². The molecule has 3 rings (SSSR count). The molecule has 1 aliphatic heterocycles. The highest BCUT2D eigenvalue weighted by atomic mass is 35.5. The minimum atomic E-state index is -0.781. The Balaban J connectivity index is 1.72. The van der Waals surface area contributed by atoms with Crippen LogP contribution in [0.3, 0.4) is 0 Å². The number of hydrogen-bond acceptors (Lipinski definition) is 4. The molecule has 2 heterocycles. The lowest BCUT2D eigenvalue weighted by Gasteiger charge is -2.34.